The summed E-state index contributed by atoms with van der Waals surface area (Å²) in [7, 11) is 3.51. The molecule has 2 unspecified atom stereocenters. The minimum Gasteiger partial charge on any atom is -0.493 e. The van der Waals surface area contributed by atoms with E-state index in [1.807, 2.05) is 18.0 Å². The van der Waals surface area contributed by atoms with Crippen LogP contribution >= 0.6 is 0 Å². The molecule has 0 amide bonds. The first kappa shape index (κ1) is 30.7. The minimum atomic E-state index is -0.619. The molecule has 0 fully saturated rings. The van der Waals surface area contributed by atoms with Crippen molar-refractivity contribution in [3.63, 3.8) is 0 Å². The molecular weight excluding hydrogens is 468 g/mol. The maximum absolute atomic E-state index is 12.3. The second kappa shape index (κ2) is 13.8. The molecule has 37 heavy (non-hydrogen) atoms. The number of rotatable bonds is 17. The summed E-state index contributed by atoms with van der Waals surface area (Å²) in [5.74, 6) is 2.33. The van der Waals surface area contributed by atoms with E-state index in [0.29, 0.717) is 36.2 Å². The molecule has 2 rings (SSSR count). The zero-order valence-corrected chi connectivity index (χ0v) is 24.1. The number of benzene rings is 1. The summed E-state index contributed by atoms with van der Waals surface area (Å²) in [5, 5.41) is 13.8. The van der Waals surface area contributed by atoms with Gasteiger partial charge in [0, 0.05) is 19.1 Å². The molecule has 0 bridgehead atoms. The molecule has 0 aliphatic heterocycles. The van der Waals surface area contributed by atoms with Crippen LogP contribution in [0.3, 0.4) is 0 Å². The summed E-state index contributed by atoms with van der Waals surface area (Å²) in [6.45, 7) is 13.6. The van der Waals surface area contributed by atoms with Gasteiger partial charge in [-0.2, -0.15) is 0 Å². The molecule has 7 nitrogen and oxygen atoms in total. The SMILES string of the molecule is CCCOc1cc(CC(CCC(O)CNc2c(N(C)C(C)(C)CCC)c(=O)c2=O)C(C)C)ccc1OC. The van der Waals surface area contributed by atoms with Crippen molar-refractivity contribution in [2.24, 2.45) is 11.8 Å². The second-order valence-corrected chi connectivity index (χ2v) is 11.2. The Morgan fingerprint density at radius 3 is 2.35 bits per heavy atom. The molecule has 0 aromatic heterocycles. The zero-order valence-electron chi connectivity index (χ0n) is 24.1. The smallest absolute Gasteiger partial charge is 0.253 e. The Balaban J connectivity index is 1.99. The molecule has 2 aromatic rings. The number of methoxy groups -OCH3 is 1. The van der Waals surface area contributed by atoms with Crippen LogP contribution in [0.4, 0.5) is 11.4 Å². The number of nitrogens with one attached hydrogen (secondary N) is 1. The normalized spacial score (nSPS) is 13.6. The largest absolute Gasteiger partial charge is 0.493 e. The molecule has 0 radical (unpaired) electrons. The fourth-order valence-corrected chi connectivity index (χ4v) is 4.82. The minimum absolute atomic E-state index is 0.237. The molecule has 7 heteroatoms. The first-order chi connectivity index (χ1) is 17.5. The Labute approximate surface area is 222 Å². The van der Waals surface area contributed by atoms with E-state index in [0.717, 1.165) is 43.6 Å². The van der Waals surface area contributed by atoms with Gasteiger partial charge < -0.3 is 24.8 Å². The molecule has 0 aliphatic carbocycles. The first-order valence-electron chi connectivity index (χ1n) is 13.7. The first-order valence-corrected chi connectivity index (χ1v) is 13.7. The lowest BCUT2D eigenvalue weighted by Gasteiger charge is -2.38. The third-order valence-electron chi connectivity index (χ3n) is 7.51. The van der Waals surface area contributed by atoms with Gasteiger partial charge in [0.05, 0.1) is 19.8 Å². The van der Waals surface area contributed by atoms with Crippen LogP contribution in [0.2, 0.25) is 0 Å². The van der Waals surface area contributed by atoms with Crippen molar-refractivity contribution in [1.29, 1.82) is 0 Å². The van der Waals surface area contributed by atoms with E-state index in [2.05, 4.69) is 59.0 Å². The lowest BCUT2D eigenvalue weighted by atomic mass is 9.85. The van der Waals surface area contributed by atoms with Crippen molar-refractivity contribution in [1.82, 2.24) is 0 Å². The van der Waals surface area contributed by atoms with Crippen LogP contribution in [0.1, 0.15) is 79.2 Å². The van der Waals surface area contributed by atoms with Gasteiger partial charge in [-0.05, 0) is 75.5 Å². The van der Waals surface area contributed by atoms with E-state index in [1.54, 1.807) is 7.11 Å². The highest BCUT2D eigenvalue weighted by atomic mass is 16.5. The van der Waals surface area contributed by atoms with Crippen LogP contribution in [0.15, 0.2) is 27.8 Å². The van der Waals surface area contributed by atoms with E-state index >= 15 is 0 Å². The molecule has 208 valence electrons. The predicted molar refractivity (Wildman–Crippen MR) is 153 cm³/mol. The molecule has 2 aromatic carbocycles. The van der Waals surface area contributed by atoms with Crippen molar-refractivity contribution in [2.45, 2.75) is 91.7 Å². The number of hydrogen-bond acceptors (Lipinski definition) is 7. The molecular formula is C30H48N2O5. The number of ether oxygens (including phenoxy) is 2. The highest BCUT2D eigenvalue weighted by Crippen LogP contribution is 2.32. The summed E-state index contributed by atoms with van der Waals surface area (Å²) in [6.07, 6.45) is 4.53. The molecule has 0 aliphatic rings. The van der Waals surface area contributed by atoms with Gasteiger partial charge in [-0.3, -0.25) is 9.59 Å². The average molecular weight is 517 g/mol. The van der Waals surface area contributed by atoms with E-state index < -0.39 is 17.0 Å². The van der Waals surface area contributed by atoms with Crippen molar-refractivity contribution in [2.75, 3.05) is 37.5 Å². The molecule has 2 N–H and O–H groups in total. The van der Waals surface area contributed by atoms with Crippen LogP contribution in [0, 0.1) is 11.8 Å². The van der Waals surface area contributed by atoms with Crippen molar-refractivity contribution < 1.29 is 14.6 Å². The van der Waals surface area contributed by atoms with Crippen LogP contribution < -0.4 is 30.5 Å². The second-order valence-electron chi connectivity index (χ2n) is 11.2. The van der Waals surface area contributed by atoms with Crippen LogP contribution in [-0.4, -0.2) is 44.1 Å². The number of aliphatic hydroxyl groups excluding tert-OH is 1. The monoisotopic (exact) mass is 516 g/mol. The van der Waals surface area contributed by atoms with Gasteiger partial charge in [0.25, 0.3) is 10.9 Å². The van der Waals surface area contributed by atoms with E-state index in [1.165, 1.54) is 5.56 Å². The number of hydrogen-bond donors (Lipinski definition) is 2. The van der Waals surface area contributed by atoms with Crippen LogP contribution in [0.25, 0.3) is 0 Å². The number of anilines is 2. The fourth-order valence-electron chi connectivity index (χ4n) is 4.82. The lowest BCUT2D eigenvalue weighted by molar-refractivity contribution is 0.160. The Kier molecular flexibility index (Phi) is 11.5. The molecule has 0 saturated carbocycles. The molecule has 0 spiro atoms. The standard InChI is InChI=1S/C30H48N2O5/c1-9-15-30(5,6)32(7)27-26(28(34)29(27)35)31-19-23(33)13-12-22(20(3)4)17-21-11-14-24(36-8)25(18-21)37-16-10-2/h11,14,18,20,22-23,31,33H,9-10,12-13,15-17,19H2,1-8H3. The summed E-state index contributed by atoms with van der Waals surface area (Å²) < 4.78 is 11.3. The lowest BCUT2D eigenvalue weighted by Crippen LogP contribution is -2.49. The highest BCUT2D eigenvalue weighted by molar-refractivity contribution is 5.75. The maximum Gasteiger partial charge on any atom is 0.253 e. The van der Waals surface area contributed by atoms with Crippen molar-refractivity contribution >= 4 is 11.4 Å². The summed E-state index contributed by atoms with van der Waals surface area (Å²) in [6, 6.07) is 6.10. The maximum atomic E-state index is 12.3. The van der Waals surface area contributed by atoms with Crippen molar-refractivity contribution in [3.05, 3.63) is 44.2 Å². The third-order valence-corrected chi connectivity index (χ3v) is 7.51. The van der Waals surface area contributed by atoms with E-state index in [4.69, 9.17) is 9.47 Å². The number of aliphatic hydroxyl groups is 1. The van der Waals surface area contributed by atoms with Crippen molar-refractivity contribution in [3.8, 4) is 11.5 Å². The van der Waals surface area contributed by atoms with Gasteiger partial charge in [0.1, 0.15) is 11.4 Å². The molecule has 0 heterocycles. The Hall–Kier alpha value is -2.54. The number of nitrogens with zero attached hydrogens (tertiary/aromatic N) is 1. The van der Waals surface area contributed by atoms with E-state index in [-0.39, 0.29) is 12.1 Å². The Morgan fingerprint density at radius 1 is 1.05 bits per heavy atom. The zero-order chi connectivity index (χ0) is 27.8. The predicted octanol–water partition coefficient (Wildman–Crippen LogP) is 5.16. The Bertz CT molecular complexity index is 1050. The Morgan fingerprint density at radius 2 is 1.76 bits per heavy atom. The van der Waals surface area contributed by atoms with Gasteiger partial charge in [0.15, 0.2) is 11.5 Å². The van der Waals surface area contributed by atoms with Gasteiger partial charge in [-0.1, -0.05) is 40.2 Å². The van der Waals surface area contributed by atoms with Gasteiger partial charge in [-0.25, -0.2) is 0 Å². The van der Waals surface area contributed by atoms with Gasteiger partial charge >= 0.3 is 0 Å². The molecule has 0 saturated heterocycles. The third kappa shape index (κ3) is 7.97. The van der Waals surface area contributed by atoms with Crippen LogP contribution in [-0.2, 0) is 6.42 Å². The molecule has 2 atom stereocenters. The quantitative estimate of drug-likeness (QED) is 0.281. The average Bonchev–Trinajstić information content (AvgIpc) is 2.86. The van der Waals surface area contributed by atoms with Crippen LogP contribution in [0.5, 0.6) is 11.5 Å². The van der Waals surface area contributed by atoms with E-state index in [9.17, 15) is 14.7 Å². The summed E-state index contributed by atoms with van der Waals surface area (Å²) >= 11 is 0. The van der Waals surface area contributed by atoms with Gasteiger partial charge in [-0.15, -0.1) is 0 Å². The summed E-state index contributed by atoms with van der Waals surface area (Å²) in [5.41, 5.74) is 0.751. The highest BCUT2D eigenvalue weighted by Gasteiger charge is 2.32. The van der Waals surface area contributed by atoms with Gasteiger partial charge in [0.2, 0.25) is 0 Å². The topological polar surface area (TPSA) is 88.1 Å². The summed E-state index contributed by atoms with van der Waals surface area (Å²) in [4.78, 5) is 26.5. The fraction of sp³-hybridized carbons (Fsp3) is 0.667.